The van der Waals surface area contributed by atoms with Crippen LogP contribution < -0.4 is 4.74 Å². The second-order valence-electron chi connectivity index (χ2n) is 6.31. The van der Waals surface area contributed by atoms with E-state index in [9.17, 15) is 18.4 Å². The minimum atomic E-state index is -4.36. The summed E-state index contributed by atoms with van der Waals surface area (Å²) in [5, 5.41) is 13.5. The molecule has 21 heavy (non-hydrogen) atoms. The molecule has 1 aromatic rings. The number of hydrogen-bond acceptors (Lipinski definition) is 2. The molecular formula is C15H19F3NO2. The fourth-order valence-electron chi connectivity index (χ4n) is 2.76. The van der Waals surface area contributed by atoms with Crippen LogP contribution in [0.1, 0.15) is 39.2 Å². The third-order valence-electron chi connectivity index (χ3n) is 4.10. The van der Waals surface area contributed by atoms with Crippen LogP contribution in [0.4, 0.5) is 13.2 Å². The zero-order chi connectivity index (χ0) is 15.9. The Balaban J connectivity index is 2.12. The first kappa shape index (κ1) is 16.1. The highest BCUT2D eigenvalue weighted by atomic mass is 19.4. The fourth-order valence-corrected chi connectivity index (χ4v) is 2.76. The molecule has 1 aliphatic heterocycles. The summed E-state index contributed by atoms with van der Waals surface area (Å²) in [4.78, 5) is 0. The molecular weight excluding hydrogens is 283 g/mol. The smallest absolute Gasteiger partial charge is 0.422 e. The van der Waals surface area contributed by atoms with Gasteiger partial charge in [-0.3, -0.25) is 0 Å². The Bertz CT molecular complexity index is 499. The Labute approximate surface area is 122 Å². The minimum absolute atomic E-state index is 0.148. The maximum absolute atomic E-state index is 12.4. The van der Waals surface area contributed by atoms with E-state index < -0.39 is 23.9 Å². The largest absolute Gasteiger partial charge is 0.484 e. The van der Waals surface area contributed by atoms with Crippen molar-refractivity contribution < 1.29 is 23.1 Å². The number of rotatable bonds is 3. The van der Waals surface area contributed by atoms with Crippen LogP contribution in [-0.4, -0.2) is 23.4 Å². The molecule has 2 rings (SSSR count). The Kier molecular flexibility index (Phi) is 3.97. The van der Waals surface area contributed by atoms with Crippen LogP contribution >= 0.6 is 0 Å². The van der Waals surface area contributed by atoms with Crippen molar-refractivity contribution in [1.82, 2.24) is 5.06 Å². The summed E-state index contributed by atoms with van der Waals surface area (Å²) >= 11 is 0. The van der Waals surface area contributed by atoms with Crippen molar-refractivity contribution in [2.45, 2.75) is 50.9 Å². The number of alkyl halides is 3. The summed E-state index contributed by atoms with van der Waals surface area (Å²) in [7, 11) is 0. The molecule has 0 saturated carbocycles. The lowest BCUT2D eigenvalue weighted by molar-refractivity contribution is -0.252. The van der Waals surface area contributed by atoms with Crippen LogP contribution in [0, 0.1) is 0 Å². The van der Waals surface area contributed by atoms with Gasteiger partial charge in [-0.2, -0.15) is 13.2 Å². The van der Waals surface area contributed by atoms with E-state index in [1.807, 2.05) is 20.8 Å². The van der Waals surface area contributed by atoms with E-state index in [4.69, 9.17) is 0 Å². The van der Waals surface area contributed by atoms with Crippen LogP contribution in [-0.2, 0) is 10.7 Å². The Morgan fingerprint density at radius 3 is 2.14 bits per heavy atom. The zero-order valence-electron chi connectivity index (χ0n) is 12.3. The van der Waals surface area contributed by atoms with E-state index in [0.29, 0.717) is 6.42 Å². The highest BCUT2D eigenvalue weighted by Crippen LogP contribution is 2.46. The van der Waals surface area contributed by atoms with Gasteiger partial charge in [0.05, 0.1) is 5.54 Å². The molecule has 0 aromatic heterocycles. The highest BCUT2D eigenvalue weighted by Gasteiger charge is 2.49. The highest BCUT2D eigenvalue weighted by molar-refractivity contribution is 5.32. The molecule has 3 nitrogen and oxygen atoms in total. The lowest BCUT2D eigenvalue weighted by Crippen LogP contribution is -2.44. The maximum Gasteiger partial charge on any atom is 0.422 e. The summed E-state index contributed by atoms with van der Waals surface area (Å²) in [6.07, 6.45) is -2.86. The number of hydroxylamine groups is 2. The summed E-state index contributed by atoms with van der Waals surface area (Å²) in [5.41, 5.74) is -0.283. The van der Waals surface area contributed by atoms with Crippen LogP contribution in [0.15, 0.2) is 24.3 Å². The summed E-state index contributed by atoms with van der Waals surface area (Å²) < 4.78 is 40.9. The van der Waals surface area contributed by atoms with E-state index in [0.717, 1.165) is 17.0 Å². The number of hydrogen-bond donors (Lipinski definition) is 0. The molecule has 117 valence electrons. The van der Waals surface area contributed by atoms with Crippen LogP contribution in [0.5, 0.6) is 5.75 Å². The van der Waals surface area contributed by atoms with Gasteiger partial charge in [0.2, 0.25) is 0 Å². The van der Waals surface area contributed by atoms with Crippen molar-refractivity contribution >= 4 is 0 Å². The Morgan fingerprint density at radius 1 is 1.14 bits per heavy atom. The van der Waals surface area contributed by atoms with Gasteiger partial charge in [0.1, 0.15) is 5.75 Å². The van der Waals surface area contributed by atoms with Gasteiger partial charge in [-0.15, -0.1) is 10.3 Å². The van der Waals surface area contributed by atoms with Crippen molar-refractivity contribution in [3.63, 3.8) is 0 Å². The van der Waals surface area contributed by atoms with Gasteiger partial charge in [0.25, 0.3) is 0 Å². The third kappa shape index (κ3) is 3.32. The molecule has 0 amide bonds. The summed E-state index contributed by atoms with van der Waals surface area (Å²) in [6, 6.07) is 6.28. The van der Waals surface area contributed by atoms with Crippen LogP contribution in [0.2, 0.25) is 0 Å². The van der Waals surface area contributed by atoms with Gasteiger partial charge < -0.3 is 4.74 Å². The second kappa shape index (κ2) is 5.18. The first-order valence-corrected chi connectivity index (χ1v) is 6.82. The van der Waals surface area contributed by atoms with Crippen LogP contribution in [0.3, 0.4) is 0 Å². The van der Waals surface area contributed by atoms with Gasteiger partial charge in [0.15, 0.2) is 6.61 Å². The van der Waals surface area contributed by atoms with E-state index in [1.165, 1.54) is 12.1 Å². The first-order valence-electron chi connectivity index (χ1n) is 6.82. The number of nitrogens with zero attached hydrogens (tertiary/aromatic N) is 1. The third-order valence-corrected chi connectivity index (χ3v) is 4.10. The Hall–Kier alpha value is -1.27. The summed E-state index contributed by atoms with van der Waals surface area (Å²) in [5.74, 6) is 0.148. The molecule has 1 aliphatic rings. The van der Waals surface area contributed by atoms with E-state index >= 15 is 0 Å². The van der Waals surface area contributed by atoms with Crippen LogP contribution in [0.25, 0.3) is 0 Å². The van der Waals surface area contributed by atoms with E-state index in [1.54, 1.807) is 12.1 Å². The zero-order valence-corrected chi connectivity index (χ0v) is 12.3. The van der Waals surface area contributed by atoms with Gasteiger partial charge in [-0.05, 0) is 51.3 Å². The standard InChI is InChI=1S/C15H19F3NO2/c1-13(2)8-9-14(3,19(13)20)11-4-6-12(7-5-11)21-10-15(16,17)18/h4-7H,8-10H2,1-3H3. The van der Waals surface area contributed by atoms with Crippen molar-refractivity contribution in [3.8, 4) is 5.75 Å². The molecule has 1 atom stereocenters. The topological polar surface area (TPSA) is 32.4 Å². The molecule has 1 aromatic carbocycles. The molecule has 0 bridgehead atoms. The first-order chi connectivity index (χ1) is 9.55. The van der Waals surface area contributed by atoms with Crippen molar-refractivity contribution in [2.24, 2.45) is 0 Å². The quantitative estimate of drug-likeness (QED) is 0.843. The lowest BCUT2D eigenvalue weighted by Gasteiger charge is -2.35. The normalized spacial score (nSPS) is 26.0. The predicted molar refractivity (Wildman–Crippen MR) is 71.2 cm³/mol. The number of halogens is 3. The molecule has 1 unspecified atom stereocenters. The molecule has 1 saturated heterocycles. The molecule has 0 N–H and O–H groups in total. The number of ether oxygens (including phenoxy) is 1. The molecule has 1 heterocycles. The molecule has 0 aliphatic carbocycles. The monoisotopic (exact) mass is 302 g/mol. The van der Waals surface area contributed by atoms with Gasteiger partial charge in [-0.1, -0.05) is 12.1 Å². The molecule has 0 spiro atoms. The van der Waals surface area contributed by atoms with Gasteiger partial charge in [-0.25, -0.2) is 0 Å². The van der Waals surface area contributed by atoms with Gasteiger partial charge in [0, 0.05) is 5.54 Å². The average Bonchev–Trinajstić information content (AvgIpc) is 2.61. The second-order valence-corrected chi connectivity index (χ2v) is 6.31. The summed E-state index contributed by atoms with van der Waals surface area (Å²) in [6.45, 7) is 4.34. The molecule has 1 radical (unpaired) electrons. The SMILES string of the molecule is CC1(C)CCC(C)(c2ccc(OCC(F)(F)F)cc2)N1[O]. The van der Waals surface area contributed by atoms with Gasteiger partial charge >= 0.3 is 6.18 Å². The number of benzene rings is 1. The van der Waals surface area contributed by atoms with Crippen molar-refractivity contribution in [2.75, 3.05) is 6.61 Å². The van der Waals surface area contributed by atoms with Crippen molar-refractivity contribution in [1.29, 1.82) is 0 Å². The van der Waals surface area contributed by atoms with E-state index in [2.05, 4.69) is 4.74 Å². The minimum Gasteiger partial charge on any atom is -0.484 e. The average molecular weight is 302 g/mol. The molecule has 6 heteroatoms. The van der Waals surface area contributed by atoms with Crippen molar-refractivity contribution in [3.05, 3.63) is 29.8 Å². The lowest BCUT2D eigenvalue weighted by atomic mass is 9.90. The molecule has 1 fully saturated rings. The Morgan fingerprint density at radius 2 is 1.71 bits per heavy atom. The predicted octanol–water partition coefficient (Wildman–Crippen LogP) is 4.06. The fraction of sp³-hybridized carbons (Fsp3) is 0.600. The maximum atomic E-state index is 12.4. The van der Waals surface area contributed by atoms with E-state index in [-0.39, 0.29) is 5.75 Å².